The van der Waals surface area contributed by atoms with E-state index in [2.05, 4.69) is 36.6 Å². The molecule has 2 rings (SSSR count). The predicted octanol–water partition coefficient (Wildman–Crippen LogP) is 3.71. The van der Waals surface area contributed by atoms with E-state index in [9.17, 15) is 0 Å². The van der Waals surface area contributed by atoms with Gasteiger partial charge in [-0.3, -0.25) is 4.99 Å². The molecule has 0 saturated carbocycles. The van der Waals surface area contributed by atoms with Gasteiger partial charge in [0.1, 0.15) is 5.75 Å². The fraction of sp³-hybridized carbons (Fsp3) is 0.650. The highest BCUT2D eigenvalue weighted by Gasteiger charge is 2.32. The number of methoxy groups -OCH3 is 1. The Kier molecular flexibility index (Phi) is 12.2. The number of nitrogens with one attached hydrogen (secondary N) is 2. The Balaban J connectivity index is 0.00000364. The predicted molar refractivity (Wildman–Crippen MR) is 127 cm³/mol. The third-order valence-corrected chi connectivity index (χ3v) is 6.03. The molecule has 0 unspecified atom stereocenters. The maximum absolute atomic E-state index is 5.55. The minimum atomic E-state index is 0. The molecular weight excluding hydrogens is 473 g/mol. The van der Waals surface area contributed by atoms with Crippen molar-refractivity contribution < 1.29 is 9.47 Å². The van der Waals surface area contributed by atoms with E-state index in [0.717, 1.165) is 69.6 Å². The van der Waals surface area contributed by atoms with Gasteiger partial charge in [0.15, 0.2) is 5.96 Å². The lowest BCUT2D eigenvalue weighted by molar-refractivity contribution is 0.0793. The third kappa shape index (κ3) is 8.48. The van der Waals surface area contributed by atoms with Crippen molar-refractivity contribution in [2.75, 3.05) is 45.7 Å². The molecule has 0 aromatic heterocycles. The van der Waals surface area contributed by atoms with E-state index in [-0.39, 0.29) is 28.7 Å². The quantitative estimate of drug-likeness (QED) is 0.303. The minimum Gasteiger partial charge on any atom is -0.497 e. The van der Waals surface area contributed by atoms with E-state index in [1.54, 1.807) is 7.11 Å². The van der Waals surface area contributed by atoms with Gasteiger partial charge in [0.2, 0.25) is 0 Å². The lowest BCUT2D eigenvalue weighted by Crippen LogP contribution is -2.41. The van der Waals surface area contributed by atoms with Crippen molar-refractivity contribution in [2.45, 2.75) is 37.9 Å². The van der Waals surface area contributed by atoms with Gasteiger partial charge in [-0.05, 0) is 49.6 Å². The summed E-state index contributed by atoms with van der Waals surface area (Å²) in [6.07, 6.45) is 3.12. The summed E-state index contributed by atoms with van der Waals surface area (Å²) in [7, 11) is 1.69. The summed E-state index contributed by atoms with van der Waals surface area (Å²) < 4.78 is 11.0. The van der Waals surface area contributed by atoms with Crippen LogP contribution in [0.2, 0.25) is 0 Å². The van der Waals surface area contributed by atoms with E-state index < -0.39 is 0 Å². The van der Waals surface area contributed by atoms with Crippen molar-refractivity contribution in [1.82, 2.24) is 10.6 Å². The normalized spacial score (nSPS) is 16.3. The zero-order valence-electron chi connectivity index (χ0n) is 16.8. The van der Waals surface area contributed by atoms with E-state index in [4.69, 9.17) is 14.5 Å². The average molecular weight is 507 g/mol. The summed E-state index contributed by atoms with van der Waals surface area (Å²) in [5, 5.41) is 6.83. The summed E-state index contributed by atoms with van der Waals surface area (Å²) in [6, 6.07) is 8.23. The maximum atomic E-state index is 5.55. The lowest BCUT2D eigenvalue weighted by atomic mass is 9.99. The topological polar surface area (TPSA) is 54.9 Å². The van der Waals surface area contributed by atoms with Crippen LogP contribution in [0.25, 0.3) is 0 Å². The van der Waals surface area contributed by atoms with Crippen LogP contribution in [0.5, 0.6) is 5.75 Å². The molecule has 1 aromatic rings. The SMILES string of the molecule is CCNC(=NCC1(SCC)CCOCC1)NCCc1ccc(OC)cc1.I. The molecule has 1 heterocycles. The van der Waals surface area contributed by atoms with Crippen molar-refractivity contribution in [2.24, 2.45) is 4.99 Å². The van der Waals surface area contributed by atoms with Gasteiger partial charge in [0, 0.05) is 31.1 Å². The van der Waals surface area contributed by atoms with Crippen molar-refractivity contribution in [3.05, 3.63) is 29.8 Å². The summed E-state index contributed by atoms with van der Waals surface area (Å²) in [5.74, 6) is 2.92. The number of guanidine groups is 1. The van der Waals surface area contributed by atoms with Crippen LogP contribution >= 0.6 is 35.7 Å². The van der Waals surface area contributed by atoms with Crippen molar-refractivity contribution in [1.29, 1.82) is 0 Å². The zero-order valence-corrected chi connectivity index (χ0v) is 19.9. The standard InChI is InChI=1S/C20H33N3O2S.HI/c1-4-21-19(22-13-10-17-6-8-18(24-3)9-7-17)23-16-20(26-5-2)11-14-25-15-12-20;/h6-9H,4-5,10-16H2,1-3H3,(H2,21,22,23);1H. The Morgan fingerprint density at radius 3 is 2.48 bits per heavy atom. The van der Waals surface area contributed by atoms with Crippen LogP contribution in [-0.4, -0.2) is 56.4 Å². The van der Waals surface area contributed by atoms with Gasteiger partial charge >= 0.3 is 0 Å². The summed E-state index contributed by atoms with van der Waals surface area (Å²) in [5.41, 5.74) is 1.29. The second-order valence-corrected chi connectivity index (χ2v) is 8.18. The van der Waals surface area contributed by atoms with Gasteiger partial charge in [0.05, 0.1) is 13.7 Å². The second kappa shape index (κ2) is 13.5. The highest BCUT2D eigenvalue weighted by atomic mass is 127. The molecule has 2 N–H and O–H groups in total. The number of halogens is 1. The Morgan fingerprint density at radius 1 is 1.19 bits per heavy atom. The molecule has 1 fully saturated rings. The largest absolute Gasteiger partial charge is 0.497 e. The smallest absolute Gasteiger partial charge is 0.191 e. The Labute approximate surface area is 185 Å². The van der Waals surface area contributed by atoms with Crippen LogP contribution in [0.4, 0.5) is 0 Å². The van der Waals surface area contributed by atoms with Gasteiger partial charge in [-0.1, -0.05) is 19.1 Å². The highest BCUT2D eigenvalue weighted by Crippen LogP contribution is 2.35. The molecule has 0 bridgehead atoms. The molecule has 7 heteroatoms. The van der Waals surface area contributed by atoms with Crippen LogP contribution in [0.1, 0.15) is 32.3 Å². The van der Waals surface area contributed by atoms with E-state index in [1.807, 2.05) is 23.9 Å². The minimum absolute atomic E-state index is 0. The highest BCUT2D eigenvalue weighted by molar-refractivity contribution is 14.0. The average Bonchev–Trinajstić information content (AvgIpc) is 2.68. The molecule has 1 aliphatic rings. The number of hydrogen-bond donors (Lipinski definition) is 2. The molecule has 0 radical (unpaired) electrons. The Hall–Kier alpha value is -0.670. The fourth-order valence-electron chi connectivity index (χ4n) is 3.08. The molecular formula is C20H34IN3O2S. The van der Waals surface area contributed by atoms with Crippen LogP contribution < -0.4 is 15.4 Å². The molecule has 1 saturated heterocycles. The molecule has 27 heavy (non-hydrogen) atoms. The van der Waals surface area contributed by atoms with Gasteiger partial charge in [0.25, 0.3) is 0 Å². The second-order valence-electron chi connectivity index (χ2n) is 6.45. The van der Waals surface area contributed by atoms with Crippen LogP contribution in [-0.2, 0) is 11.2 Å². The molecule has 0 spiro atoms. The fourth-order valence-corrected chi connectivity index (χ4v) is 4.30. The van der Waals surface area contributed by atoms with Gasteiger partial charge in [-0.15, -0.1) is 24.0 Å². The molecule has 1 aromatic carbocycles. The number of aliphatic imine (C=N–C) groups is 1. The molecule has 154 valence electrons. The van der Waals surface area contributed by atoms with Gasteiger partial charge in [-0.25, -0.2) is 0 Å². The first-order valence-corrected chi connectivity index (χ1v) is 10.6. The van der Waals surface area contributed by atoms with Crippen molar-refractivity contribution in [3.8, 4) is 5.75 Å². The van der Waals surface area contributed by atoms with Crippen molar-refractivity contribution in [3.63, 3.8) is 0 Å². The van der Waals surface area contributed by atoms with Crippen LogP contribution in [0.15, 0.2) is 29.3 Å². The van der Waals surface area contributed by atoms with Gasteiger partial charge < -0.3 is 20.1 Å². The van der Waals surface area contributed by atoms with Crippen LogP contribution in [0.3, 0.4) is 0 Å². The number of thioether (sulfide) groups is 1. The Bertz CT molecular complexity index is 543. The van der Waals surface area contributed by atoms with E-state index >= 15 is 0 Å². The van der Waals surface area contributed by atoms with Gasteiger partial charge in [-0.2, -0.15) is 11.8 Å². The first kappa shape index (κ1) is 24.4. The third-order valence-electron chi connectivity index (χ3n) is 4.59. The molecule has 1 aliphatic heterocycles. The number of nitrogens with zero attached hydrogens (tertiary/aromatic N) is 1. The maximum Gasteiger partial charge on any atom is 0.191 e. The monoisotopic (exact) mass is 507 g/mol. The molecule has 0 aliphatic carbocycles. The first-order valence-electron chi connectivity index (χ1n) is 9.58. The summed E-state index contributed by atoms with van der Waals surface area (Å²) in [6.45, 7) is 8.59. The molecule has 0 amide bonds. The molecule has 5 nitrogen and oxygen atoms in total. The summed E-state index contributed by atoms with van der Waals surface area (Å²) >= 11 is 2.03. The zero-order chi connectivity index (χ0) is 18.7. The summed E-state index contributed by atoms with van der Waals surface area (Å²) in [4.78, 5) is 4.88. The number of hydrogen-bond acceptors (Lipinski definition) is 4. The van der Waals surface area contributed by atoms with E-state index in [1.165, 1.54) is 5.56 Å². The van der Waals surface area contributed by atoms with Crippen molar-refractivity contribution >= 4 is 41.7 Å². The van der Waals surface area contributed by atoms with E-state index in [0.29, 0.717) is 0 Å². The number of benzene rings is 1. The molecule has 0 atom stereocenters. The lowest BCUT2D eigenvalue weighted by Gasteiger charge is -2.35. The number of rotatable bonds is 9. The number of ether oxygens (including phenoxy) is 2. The first-order chi connectivity index (χ1) is 12.7. The Morgan fingerprint density at radius 2 is 1.89 bits per heavy atom. The van der Waals surface area contributed by atoms with Crippen LogP contribution in [0, 0.1) is 0 Å².